The van der Waals surface area contributed by atoms with E-state index in [0.29, 0.717) is 12.1 Å². The van der Waals surface area contributed by atoms with E-state index in [1.807, 2.05) is 21.9 Å². The lowest BCUT2D eigenvalue weighted by Crippen LogP contribution is -2.47. The first-order valence-corrected chi connectivity index (χ1v) is 11.8. The molecule has 168 valence electrons. The van der Waals surface area contributed by atoms with Crippen LogP contribution in [0, 0.1) is 0 Å². The highest BCUT2D eigenvalue weighted by molar-refractivity contribution is 5.92. The van der Waals surface area contributed by atoms with E-state index in [4.69, 9.17) is 0 Å². The number of rotatable bonds is 3. The SMILES string of the molecule is CN1CCN(C(=O)C[C@@H]2CC3(CCN(C(=O)c4ccccn4)CC3)c3ccccc32)CC1. The van der Waals surface area contributed by atoms with Crippen LogP contribution in [0.3, 0.4) is 0 Å². The molecule has 2 aliphatic heterocycles. The van der Waals surface area contributed by atoms with Crippen molar-refractivity contribution < 1.29 is 9.59 Å². The number of hydrogen-bond acceptors (Lipinski definition) is 4. The topological polar surface area (TPSA) is 56.8 Å². The van der Waals surface area contributed by atoms with E-state index in [2.05, 4.69) is 41.2 Å². The molecule has 1 aliphatic carbocycles. The molecule has 6 nitrogen and oxygen atoms in total. The number of carbonyl (C=O) groups is 2. The first kappa shape index (κ1) is 21.1. The van der Waals surface area contributed by atoms with Crippen LogP contribution in [0.25, 0.3) is 0 Å². The number of pyridine rings is 1. The summed E-state index contributed by atoms with van der Waals surface area (Å²) in [5.41, 5.74) is 3.34. The van der Waals surface area contributed by atoms with Crippen LogP contribution in [0.2, 0.25) is 0 Å². The molecule has 2 saturated heterocycles. The number of hydrogen-bond donors (Lipinski definition) is 0. The van der Waals surface area contributed by atoms with Crippen LogP contribution in [0.15, 0.2) is 48.7 Å². The van der Waals surface area contributed by atoms with Gasteiger partial charge in [-0.05, 0) is 60.9 Å². The molecule has 6 heteroatoms. The molecule has 0 unspecified atom stereocenters. The van der Waals surface area contributed by atoms with Gasteiger partial charge in [-0.15, -0.1) is 0 Å². The number of likely N-dealkylation sites (tertiary alicyclic amines) is 1. The maximum Gasteiger partial charge on any atom is 0.272 e. The van der Waals surface area contributed by atoms with Crippen molar-refractivity contribution in [2.75, 3.05) is 46.3 Å². The first-order valence-electron chi connectivity index (χ1n) is 11.8. The Hall–Kier alpha value is -2.73. The van der Waals surface area contributed by atoms with Crippen molar-refractivity contribution in [3.05, 3.63) is 65.5 Å². The van der Waals surface area contributed by atoms with Gasteiger partial charge in [0.1, 0.15) is 5.69 Å². The fourth-order valence-corrected chi connectivity index (χ4v) is 5.87. The fourth-order valence-electron chi connectivity index (χ4n) is 5.87. The maximum absolute atomic E-state index is 13.1. The smallest absolute Gasteiger partial charge is 0.272 e. The lowest BCUT2D eigenvalue weighted by molar-refractivity contribution is -0.133. The van der Waals surface area contributed by atoms with Gasteiger partial charge in [0, 0.05) is 51.9 Å². The van der Waals surface area contributed by atoms with Crippen molar-refractivity contribution in [1.29, 1.82) is 0 Å². The molecule has 0 radical (unpaired) electrons. The summed E-state index contributed by atoms with van der Waals surface area (Å²) >= 11 is 0. The third kappa shape index (κ3) is 3.92. The Morgan fingerprint density at radius 2 is 1.66 bits per heavy atom. The van der Waals surface area contributed by atoms with Gasteiger partial charge in [-0.1, -0.05) is 30.3 Å². The number of aromatic nitrogens is 1. The molecular formula is C26H32N4O2. The van der Waals surface area contributed by atoms with Crippen LogP contribution in [0.1, 0.15) is 53.2 Å². The van der Waals surface area contributed by atoms with Gasteiger partial charge in [-0.25, -0.2) is 0 Å². The highest BCUT2D eigenvalue weighted by Gasteiger charge is 2.46. The number of fused-ring (bicyclic) bond motifs is 2. The Labute approximate surface area is 190 Å². The van der Waals surface area contributed by atoms with Crippen LogP contribution in [0.5, 0.6) is 0 Å². The zero-order valence-corrected chi connectivity index (χ0v) is 18.9. The number of piperazine rings is 1. The molecule has 1 atom stereocenters. The van der Waals surface area contributed by atoms with Gasteiger partial charge < -0.3 is 14.7 Å². The molecule has 0 saturated carbocycles. The van der Waals surface area contributed by atoms with Crippen molar-refractivity contribution in [3.63, 3.8) is 0 Å². The third-order valence-corrected chi connectivity index (χ3v) is 7.78. The zero-order chi connectivity index (χ0) is 22.1. The minimum atomic E-state index is 0.0218. The van der Waals surface area contributed by atoms with Crippen LogP contribution in [-0.4, -0.2) is 77.8 Å². The summed E-state index contributed by atoms with van der Waals surface area (Å²) in [6, 6.07) is 14.2. The summed E-state index contributed by atoms with van der Waals surface area (Å²) in [4.78, 5) is 36.5. The van der Waals surface area contributed by atoms with E-state index >= 15 is 0 Å². The van der Waals surface area contributed by atoms with Crippen LogP contribution in [-0.2, 0) is 10.2 Å². The Morgan fingerprint density at radius 1 is 0.938 bits per heavy atom. The molecule has 2 aromatic rings. The fraction of sp³-hybridized carbons (Fsp3) is 0.500. The minimum Gasteiger partial charge on any atom is -0.340 e. The second kappa shape index (κ2) is 8.66. The number of amides is 2. The van der Waals surface area contributed by atoms with E-state index in [0.717, 1.165) is 58.5 Å². The Balaban J connectivity index is 1.29. The Kier molecular flexibility index (Phi) is 5.72. The molecule has 32 heavy (non-hydrogen) atoms. The van der Waals surface area contributed by atoms with Gasteiger partial charge in [-0.2, -0.15) is 0 Å². The first-order chi connectivity index (χ1) is 15.6. The number of nitrogens with zero attached hydrogens (tertiary/aromatic N) is 4. The van der Waals surface area contributed by atoms with Crippen molar-refractivity contribution in [3.8, 4) is 0 Å². The summed E-state index contributed by atoms with van der Waals surface area (Å²) in [6.45, 7) is 5.05. The molecule has 0 N–H and O–H groups in total. The standard InChI is InChI=1S/C26H32N4O2/c1-28-14-16-29(17-15-28)24(31)18-20-19-26(22-7-3-2-6-21(20)22)9-12-30(13-10-26)25(32)23-8-4-5-11-27-23/h2-8,11,20H,9-10,12-19H2,1H3/t20-/m1/s1. The van der Waals surface area contributed by atoms with Gasteiger partial charge in [0.15, 0.2) is 0 Å². The van der Waals surface area contributed by atoms with E-state index < -0.39 is 0 Å². The molecule has 2 fully saturated rings. The van der Waals surface area contributed by atoms with E-state index in [9.17, 15) is 9.59 Å². The summed E-state index contributed by atoms with van der Waals surface area (Å²) in [5, 5.41) is 0. The molecular weight excluding hydrogens is 400 g/mol. The Bertz CT molecular complexity index is 976. The monoisotopic (exact) mass is 432 g/mol. The van der Waals surface area contributed by atoms with Gasteiger partial charge >= 0.3 is 0 Å². The largest absolute Gasteiger partial charge is 0.340 e. The number of likely N-dealkylation sites (N-methyl/N-ethyl adjacent to an activating group) is 1. The summed E-state index contributed by atoms with van der Waals surface area (Å²) in [7, 11) is 2.11. The number of piperidine rings is 1. The lowest BCUT2D eigenvalue weighted by Gasteiger charge is -2.40. The normalized spacial score (nSPS) is 22.7. The van der Waals surface area contributed by atoms with Crippen molar-refractivity contribution >= 4 is 11.8 Å². The molecule has 2 amide bonds. The highest BCUT2D eigenvalue weighted by atomic mass is 16.2. The van der Waals surface area contributed by atoms with Gasteiger partial charge in [0.05, 0.1) is 0 Å². The molecule has 3 aliphatic rings. The average Bonchev–Trinajstić information content (AvgIpc) is 3.13. The predicted molar refractivity (Wildman–Crippen MR) is 124 cm³/mol. The number of benzene rings is 1. The highest BCUT2D eigenvalue weighted by Crippen LogP contribution is 2.52. The Morgan fingerprint density at radius 3 is 2.38 bits per heavy atom. The lowest BCUT2D eigenvalue weighted by atomic mass is 9.73. The second-order valence-corrected chi connectivity index (χ2v) is 9.66. The van der Waals surface area contributed by atoms with Gasteiger partial charge in [0.25, 0.3) is 5.91 Å². The van der Waals surface area contributed by atoms with E-state index in [-0.39, 0.29) is 23.1 Å². The zero-order valence-electron chi connectivity index (χ0n) is 18.9. The van der Waals surface area contributed by atoms with Gasteiger partial charge in [-0.3, -0.25) is 14.6 Å². The summed E-state index contributed by atoms with van der Waals surface area (Å²) < 4.78 is 0. The predicted octanol–water partition coefficient (Wildman–Crippen LogP) is 2.91. The quantitative estimate of drug-likeness (QED) is 0.748. The molecule has 1 aromatic carbocycles. The van der Waals surface area contributed by atoms with Gasteiger partial charge in [0.2, 0.25) is 5.91 Å². The molecule has 1 aromatic heterocycles. The molecule has 3 heterocycles. The van der Waals surface area contributed by atoms with Crippen LogP contribution in [0.4, 0.5) is 0 Å². The second-order valence-electron chi connectivity index (χ2n) is 9.66. The van der Waals surface area contributed by atoms with Crippen LogP contribution < -0.4 is 0 Å². The average molecular weight is 433 g/mol. The molecule has 5 rings (SSSR count). The molecule has 1 spiro atoms. The van der Waals surface area contributed by atoms with Crippen molar-refractivity contribution in [2.45, 2.75) is 37.0 Å². The maximum atomic E-state index is 13.1. The van der Waals surface area contributed by atoms with Crippen LogP contribution >= 0.6 is 0 Å². The third-order valence-electron chi connectivity index (χ3n) is 7.78. The van der Waals surface area contributed by atoms with Crippen molar-refractivity contribution in [1.82, 2.24) is 19.7 Å². The van der Waals surface area contributed by atoms with E-state index in [1.54, 1.807) is 12.3 Å². The van der Waals surface area contributed by atoms with Crippen molar-refractivity contribution in [2.24, 2.45) is 0 Å². The molecule has 0 bridgehead atoms. The summed E-state index contributed by atoms with van der Waals surface area (Å²) in [6.07, 6.45) is 5.17. The number of carbonyl (C=O) groups excluding carboxylic acids is 2. The van der Waals surface area contributed by atoms with E-state index in [1.165, 1.54) is 11.1 Å². The minimum absolute atomic E-state index is 0.0218. The summed E-state index contributed by atoms with van der Waals surface area (Å²) in [5.74, 6) is 0.586.